The minimum absolute atomic E-state index is 0.749. The molecule has 1 N–H and O–H groups in total. The van der Waals surface area contributed by atoms with Gasteiger partial charge in [0.15, 0.2) is 0 Å². The van der Waals surface area contributed by atoms with E-state index in [-0.39, 0.29) is 0 Å². The third-order valence-corrected chi connectivity index (χ3v) is 4.67. The second-order valence-corrected chi connectivity index (χ2v) is 6.24. The maximum atomic E-state index is 3.77. The van der Waals surface area contributed by atoms with E-state index < -0.39 is 0 Å². The van der Waals surface area contributed by atoms with Gasteiger partial charge in [-0.25, -0.2) is 0 Å². The molecule has 0 bridgehead atoms. The summed E-state index contributed by atoms with van der Waals surface area (Å²) in [6, 6.07) is 1.53. The molecule has 2 fully saturated rings. The number of piperazine rings is 1. The van der Waals surface area contributed by atoms with Gasteiger partial charge in [0.05, 0.1) is 0 Å². The molecule has 2 heteroatoms. The van der Waals surface area contributed by atoms with E-state index in [0.29, 0.717) is 0 Å². The van der Waals surface area contributed by atoms with Gasteiger partial charge in [-0.3, -0.25) is 4.90 Å². The fraction of sp³-hybridized carbons (Fsp3) is 1.00. The lowest BCUT2D eigenvalue weighted by molar-refractivity contribution is 0.0843. The van der Waals surface area contributed by atoms with E-state index >= 15 is 0 Å². The predicted octanol–water partition coefficient (Wildman–Crippen LogP) is 2.89. The number of hydrogen-bond donors (Lipinski definition) is 1. The highest BCUT2D eigenvalue weighted by atomic mass is 15.2. The molecular formula is C15H30N2. The van der Waals surface area contributed by atoms with Crippen molar-refractivity contribution in [1.82, 2.24) is 10.2 Å². The fourth-order valence-corrected chi connectivity index (χ4v) is 3.12. The summed E-state index contributed by atoms with van der Waals surface area (Å²) in [5.41, 5.74) is 0. The van der Waals surface area contributed by atoms with Crippen LogP contribution in [-0.4, -0.2) is 36.6 Å². The molecule has 0 aromatic rings. The van der Waals surface area contributed by atoms with Crippen LogP contribution in [0.25, 0.3) is 0 Å². The first-order valence-electron chi connectivity index (χ1n) is 7.72. The van der Waals surface area contributed by atoms with Gasteiger partial charge in [0.1, 0.15) is 0 Å². The van der Waals surface area contributed by atoms with Crippen molar-refractivity contribution in [2.24, 2.45) is 11.8 Å². The van der Waals surface area contributed by atoms with Gasteiger partial charge in [0, 0.05) is 31.7 Å². The van der Waals surface area contributed by atoms with Crippen LogP contribution in [-0.2, 0) is 0 Å². The number of rotatable bonds is 6. The first kappa shape index (κ1) is 13.4. The molecule has 1 aliphatic carbocycles. The third kappa shape index (κ3) is 3.69. The van der Waals surface area contributed by atoms with Gasteiger partial charge in [0.25, 0.3) is 0 Å². The van der Waals surface area contributed by atoms with Crippen molar-refractivity contribution in [2.45, 2.75) is 65.0 Å². The molecule has 0 radical (unpaired) electrons. The Hall–Kier alpha value is -0.0800. The molecule has 2 nitrogen and oxygen atoms in total. The first-order valence-corrected chi connectivity index (χ1v) is 7.72. The van der Waals surface area contributed by atoms with Crippen molar-refractivity contribution >= 4 is 0 Å². The average molecular weight is 238 g/mol. The van der Waals surface area contributed by atoms with E-state index in [1.165, 1.54) is 51.7 Å². The number of nitrogens with zero attached hydrogens (tertiary/aromatic N) is 1. The van der Waals surface area contributed by atoms with Crippen LogP contribution < -0.4 is 5.32 Å². The molecule has 1 saturated carbocycles. The number of nitrogens with one attached hydrogen (secondary N) is 1. The molecule has 1 saturated heterocycles. The normalized spacial score (nSPS) is 32.6. The van der Waals surface area contributed by atoms with Crippen molar-refractivity contribution in [3.8, 4) is 0 Å². The molecule has 3 atom stereocenters. The summed E-state index contributed by atoms with van der Waals surface area (Å²) >= 11 is 0. The summed E-state index contributed by atoms with van der Waals surface area (Å²) in [6.45, 7) is 10.9. The Morgan fingerprint density at radius 1 is 1.29 bits per heavy atom. The van der Waals surface area contributed by atoms with Gasteiger partial charge >= 0.3 is 0 Å². The summed E-state index contributed by atoms with van der Waals surface area (Å²) < 4.78 is 0. The molecule has 0 amide bonds. The van der Waals surface area contributed by atoms with Crippen LogP contribution >= 0.6 is 0 Å². The van der Waals surface area contributed by atoms with E-state index in [1.807, 2.05) is 0 Å². The van der Waals surface area contributed by atoms with Crippen LogP contribution in [0.3, 0.4) is 0 Å². The quantitative estimate of drug-likeness (QED) is 0.765. The van der Waals surface area contributed by atoms with Gasteiger partial charge in [-0.05, 0) is 31.1 Å². The van der Waals surface area contributed by atoms with Gasteiger partial charge in [-0.15, -0.1) is 0 Å². The minimum Gasteiger partial charge on any atom is -0.311 e. The topological polar surface area (TPSA) is 15.3 Å². The van der Waals surface area contributed by atoms with Gasteiger partial charge in [-0.2, -0.15) is 0 Å². The van der Waals surface area contributed by atoms with Crippen LogP contribution in [0.4, 0.5) is 0 Å². The maximum Gasteiger partial charge on any atom is 0.0246 e. The van der Waals surface area contributed by atoms with Gasteiger partial charge < -0.3 is 5.32 Å². The molecular weight excluding hydrogens is 208 g/mol. The molecule has 3 unspecified atom stereocenters. The molecule has 0 aromatic carbocycles. The molecule has 0 spiro atoms. The highest BCUT2D eigenvalue weighted by Gasteiger charge is 2.34. The Labute approximate surface area is 107 Å². The van der Waals surface area contributed by atoms with Crippen molar-refractivity contribution < 1.29 is 0 Å². The Kier molecular flexibility index (Phi) is 4.87. The Balaban J connectivity index is 1.90. The van der Waals surface area contributed by atoms with Crippen LogP contribution in [0, 0.1) is 11.8 Å². The second-order valence-electron chi connectivity index (χ2n) is 6.24. The average Bonchev–Trinajstić information content (AvgIpc) is 3.13. The van der Waals surface area contributed by atoms with Crippen molar-refractivity contribution in [2.75, 3.05) is 19.6 Å². The highest BCUT2D eigenvalue weighted by Crippen LogP contribution is 2.32. The fourth-order valence-electron chi connectivity index (χ4n) is 3.12. The standard InChI is InChI=1S/C15H30N2/c1-4-6-14-11-17(10-13-7-8-13)15(9-16-14)12(3)5-2/h12-16H,4-11H2,1-3H3. The SMILES string of the molecule is CCCC1CN(CC2CC2)C(C(C)CC)CN1. The van der Waals surface area contributed by atoms with Crippen LogP contribution in [0.15, 0.2) is 0 Å². The second kappa shape index (κ2) is 6.19. The van der Waals surface area contributed by atoms with E-state index in [4.69, 9.17) is 0 Å². The zero-order chi connectivity index (χ0) is 12.3. The molecule has 17 heavy (non-hydrogen) atoms. The van der Waals surface area contributed by atoms with E-state index in [9.17, 15) is 0 Å². The van der Waals surface area contributed by atoms with Gasteiger partial charge in [0.2, 0.25) is 0 Å². The van der Waals surface area contributed by atoms with Crippen molar-refractivity contribution in [1.29, 1.82) is 0 Å². The molecule has 100 valence electrons. The van der Waals surface area contributed by atoms with Crippen molar-refractivity contribution in [3.05, 3.63) is 0 Å². The molecule has 0 aromatic heterocycles. The Bertz CT molecular complexity index is 225. The summed E-state index contributed by atoms with van der Waals surface area (Å²) in [6.07, 6.45) is 6.93. The van der Waals surface area contributed by atoms with Gasteiger partial charge in [-0.1, -0.05) is 33.6 Å². The maximum absolute atomic E-state index is 3.77. The first-order chi connectivity index (χ1) is 8.24. The van der Waals surface area contributed by atoms with Crippen LogP contribution in [0.5, 0.6) is 0 Å². The lowest BCUT2D eigenvalue weighted by atomic mass is 9.93. The monoisotopic (exact) mass is 238 g/mol. The molecule has 1 aliphatic heterocycles. The minimum atomic E-state index is 0.749. The summed E-state index contributed by atoms with van der Waals surface area (Å²) in [7, 11) is 0. The van der Waals surface area contributed by atoms with E-state index in [2.05, 4.69) is 31.0 Å². The highest BCUT2D eigenvalue weighted by molar-refractivity contribution is 4.91. The summed E-state index contributed by atoms with van der Waals surface area (Å²) in [5, 5.41) is 3.77. The predicted molar refractivity (Wildman–Crippen MR) is 74.2 cm³/mol. The zero-order valence-electron chi connectivity index (χ0n) is 11.9. The van der Waals surface area contributed by atoms with Crippen LogP contribution in [0.2, 0.25) is 0 Å². The molecule has 2 aliphatic rings. The molecule has 2 rings (SSSR count). The lowest BCUT2D eigenvalue weighted by Gasteiger charge is -2.43. The molecule has 1 heterocycles. The third-order valence-electron chi connectivity index (χ3n) is 4.67. The Morgan fingerprint density at radius 3 is 2.65 bits per heavy atom. The Morgan fingerprint density at radius 2 is 2.06 bits per heavy atom. The summed E-state index contributed by atoms with van der Waals surface area (Å²) in [4.78, 5) is 2.81. The van der Waals surface area contributed by atoms with Crippen molar-refractivity contribution in [3.63, 3.8) is 0 Å². The lowest BCUT2D eigenvalue weighted by Crippen LogP contribution is -2.58. The summed E-state index contributed by atoms with van der Waals surface area (Å²) in [5.74, 6) is 1.87. The number of hydrogen-bond acceptors (Lipinski definition) is 2. The zero-order valence-corrected chi connectivity index (χ0v) is 11.9. The van der Waals surface area contributed by atoms with E-state index in [0.717, 1.165) is 23.9 Å². The largest absolute Gasteiger partial charge is 0.311 e. The smallest absolute Gasteiger partial charge is 0.0246 e. The van der Waals surface area contributed by atoms with E-state index in [1.54, 1.807) is 0 Å². The van der Waals surface area contributed by atoms with Crippen LogP contribution in [0.1, 0.15) is 52.9 Å².